The monoisotopic (exact) mass is 233 g/mol. The highest BCUT2D eigenvalue weighted by atomic mass is 32.2. The predicted molar refractivity (Wildman–Crippen MR) is 55.2 cm³/mol. The summed E-state index contributed by atoms with van der Waals surface area (Å²) < 4.78 is 34.4. The van der Waals surface area contributed by atoms with Gasteiger partial charge in [0.25, 0.3) is 0 Å². The summed E-state index contributed by atoms with van der Waals surface area (Å²) in [6.45, 7) is -0.0811. The number of benzene rings is 1. The lowest BCUT2D eigenvalue weighted by Gasteiger charge is -2.15. The van der Waals surface area contributed by atoms with Gasteiger partial charge in [-0.05, 0) is 18.2 Å². The van der Waals surface area contributed by atoms with Crippen molar-refractivity contribution in [1.29, 1.82) is 0 Å². The first-order valence-electron chi connectivity index (χ1n) is 4.28. The van der Waals surface area contributed by atoms with Crippen molar-refractivity contribution >= 4 is 15.5 Å². The summed E-state index contributed by atoms with van der Waals surface area (Å²) in [7, 11) is -3.13. The van der Waals surface area contributed by atoms with Crippen molar-refractivity contribution in [2.24, 2.45) is 0 Å². The number of sulfone groups is 1. The average molecular weight is 233 g/mol. The SMILES string of the molecule is CS(=O)(=O)CCN(O)c1cccc(F)c1. The second kappa shape index (κ2) is 4.59. The highest BCUT2D eigenvalue weighted by Crippen LogP contribution is 2.13. The van der Waals surface area contributed by atoms with E-state index in [0.717, 1.165) is 12.3 Å². The van der Waals surface area contributed by atoms with Gasteiger partial charge in [-0.15, -0.1) is 0 Å². The molecule has 0 aliphatic rings. The van der Waals surface area contributed by atoms with Crippen LogP contribution in [0.2, 0.25) is 0 Å². The number of halogens is 1. The van der Waals surface area contributed by atoms with E-state index in [4.69, 9.17) is 0 Å². The third kappa shape index (κ3) is 4.26. The Morgan fingerprint density at radius 1 is 1.47 bits per heavy atom. The molecule has 0 spiro atoms. The van der Waals surface area contributed by atoms with Gasteiger partial charge >= 0.3 is 0 Å². The van der Waals surface area contributed by atoms with Crippen molar-refractivity contribution < 1.29 is 18.0 Å². The molecule has 0 fully saturated rings. The molecular formula is C9H12FNO3S. The van der Waals surface area contributed by atoms with Crippen LogP contribution in [0.4, 0.5) is 10.1 Å². The molecule has 15 heavy (non-hydrogen) atoms. The van der Waals surface area contributed by atoms with E-state index in [0.29, 0.717) is 5.06 Å². The molecule has 0 unspecified atom stereocenters. The summed E-state index contributed by atoms with van der Waals surface area (Å²) in [6, 6.07) is 5.30. The average Bonchev–Trinajstić information content (AvgIpc) is 2.13. The fourth-order valence-corrected chi connectivity index (χ4v) is 1.52. The third-order valence-electron chi connectivity index (χ3n) is 1.78. The highest BCUT2D eigenvalue weighted by molar-refractivity contribution is 7.90. The van der Waals surface area contributed by atoms with Gasteiger partial charge in [0.2, 0.25) is 0 Å². The highest BCUT2D eigenvalue weighted by Gasteiger charge is 2.08. The van der Waals surface area contributed by atoms with Crippen LogP contribution < -0.4 is 5.06 Å². The number of hydrogen-bond donors (Lipinski definition) is 1. The van der Waals surface area contributed by atoms with Crippen molar-refractivity contribution in [2.75, 3.05) is 23.6 Å². The minimum absolute atomic E-state index is 0.0811. The zero-order valence-corrected chi connectivity index (χ0v) is 9.04. The predicted octanol–water partition coefficient (Wildman–Crippen LogP) is 1.07. The molecule has 84 valence electrons. The van der Waals surface area contributed by atoms with Gasteiger partial charge in [0, 0.05) is 6.26 Å². The summed E-state index contributed by atoms with van der Waals surface area (Å²) in [4.78, 5) is 0. The Labute approximate surface area is 87.8 Å². The summed E-state index contributed by atoms with van der Waals surface area (Å²) in [6.07, 6.45) is 1.08. The maximum absolute atomic E-state index is 12.7. The largest absolute Gasteiger partial charge is 0.288 e. The van der Waals surface area contributed by atoms with E-state index in [1.165, 1.54) is 18.2 Å². The van der Waals surface area contributed by atoms with Crippen molar-refractivity contribution in [2.45, 2.75) is 0 Å². The molecule has 0 heterocycles. The van der Waals surface area contributed by atoms with Gasteiger partial charge in [-0.25, -0.2) is 12.8 Å². The molecule has 0 bridgehead atoms. The standard InChI is InChI=1S/C9H12FNO3S/c1-15(13,14)6-5-11(12)9-4-2-3-8(10)7-9/h2-4,7,12H,5-6H2,1H3. The molecule has 1 aromatic rings. The summed E-state index contributed by atoms with van der Waals surface area (Å²) in [5.41, 5.74) is 0.235. The molecule has 6 heteroatoms. The normalized spacial score (nSPS) is 11.4. The van der Waals surface area contributed by atoms with Crippen LogP contribution in [-0.4, -0.2) is 32.2 Å². The van der Waals surface area contributed by atoms with Crippen molar-refractivity contribution in [3.63, 3.8) is 0 Å². The minimum atomic E-state index is -3.13. The lowest BCUT2D eigenvalue weighted by molar-refractivity contribution is 0.260. The molecule has 0 saturated carbocycles. The van der Waals surface area contributed by atoms with Crippen LogP contribution in [0.3, 0.4) is 0 Å². The minimum Gasteiger partial charge on any atom is -0.288 e. The number of rotatable bonds is 4. The summed E-state index contributed by atoms with van der Waals surface area (Å²) in [5, 5.41) is 10.1. The smallest absolute Gasteiger partial charge is 0.149 e. The summed E-state index contributed by atoms with van der Waals surface area (Å²) >= 11 is 0. The quantitative estimate of drug-likeness (QED) is 0.790. The molecule has 4 nitrogen and oxygen atoms in total. The number of hydroxylamine groups is 1. The lowest BCUT2D eigenvalue weighted by Crippen LogP contribution is -2.25. The van der Waals surface area contributed by atoms with Gasteiger partial charge in [-0.2, -0.15) is 0 Å². The van der Waals surface area contributed by atoms with Crippen LogP contribution in [0.5, 0.6) is 0 Å². The first kappa shape index (κ1) is 11.9. The zero-order chi connectivity index (χ0) is 11.5. The Hall–Kier alpha value is -1.14. The van der Waals surface area contributed by atoms with E-state index in [1.54, 1.807) is 0 Å². The molecule has 1 N–H and O–H groups in total. The molecule has 0 aliphatic carbocycles. The first-order valence-corrected chi connectivity index (χ1v) is 6.34. The van der Waals surface area contributed by atoms with E-state index in [1.807, 2.05) is 0 Å². The second-order valence-electron chi connectivity index (χ2n) is 3.23. The Bertz CT molecular complexity index is 433. The first-order chi connectivity index (χ1) is 6.88. The lowest BCUT2D eigenvalue weighted by atomic mass is 10.3. The van der Waals surface area contributed by atoms with Crippen LogP contribution in [0, 0.1) is 5.82 Å². The van der Waals surface area contributed by atoms with Crippen LogP contribution >= 0.6 is 0 Å². The van der Waals surface area contributed by atoms with Crippen LogP contribution in [0.25, 0.3) is 0 Å². The van der Waals surface area contributed by atoms with E-state index in [2.05, 4.69) is 0 Å². The molecule has 1 aromatic carbocycles. The van der Waals surface area contributed by atoms with Crippen molar-refractivity contribution in [1.82, 2.24) is 0 Å². The fourth-order valence-electron chi connectivity index (χ4n) is 1.02. The Morgan fingerprint density at radius 2 is 2.13 bits per heavy atom. The zero-order valence-electron chi connectivity index (χ0n) is 8.22. The Morgan fingerprint density at radius 3 is 2.67 bits per heavy atom. The fraction of sp³-hybridized carbons (Fsp3) is 0.333. The Kier molecular flexibility index (Phi) is 3.65. The van der Waals surface area contributed by atoms with Gasteiger partial charge in [0.05, 0.1) is 18.0 Å². The maximum atomic E-state index is 12.7. The van der Waals surface area contributed by atoms with Crippen LogP contribution in [0.15, 0.2) is 24.3 Å². The van der Waals surface area contributed by atoms with E-state index < -0.39 is 15.7 Å². The van der Waals surface area contributed by atoms with Gasteiger partial charge in [-0.1, -0.05) is 6.07 Å². The molecule has 0 saturated heterocycles. The molecule has 0 atom stereocenters. The number of anilines is 1. The Balaban J connectivity index is 2.65. The van der Waals surface area contributed by atoms with Crippen molar-refractivity contribution in [3.8, 4) is 0 Å². The maximum Gasteiger partial charge on any atom is 0.149 e. The third-order valence-corrected chi connectivity index (χ3v) is 2.70. The van der Waals surface area contributed by atoms with E-state index >= 15 is 0 Å². The van der Waals surface area contributed by atoms with Crippen LogP contribution in [-0.2, 0) is 9.84 Å². The van der Waals surface area contributed by atoms with E-state index in [-0.39, 0.29) is 18.0 Å². The van der Waals surface area contributed by atoms with Crippen molar-refractivity contribution in [3.05, 3.63) is 30.1 Å². The van der Waals surface area contributed by atoms with Gasteiger partial charge in [0.15, 0.2) is 0 Å². The molecule has 1 rings (SSSR count). The number of hydrogen-bond acceptors (Lipinski definition) is 4. The number of nitrogens with zero attached hydrogens (tertiary/aromatic N) is 1. The molecule has 0 aliphatic heterocycles. The van der Waals surface area contributed by atoms with Gasteiger partial charge < -0.3 is 0 Å². The molecule has 0 aromatic heterocycles. The van der Waals surface area contributed by atoms with Gasteiger partial charge in [-0.3, -0.25) is 10.3 Å². The van der Waals surface area contributed by atoms with Gasteiger partial charge in [0.1, 0.15) is 15.7 Å². The topological polar surface area (TPSA) is 57.6 Å². The van der Waals surface area contributed by atoms with E-state index in [9.17, 15) is 18.0 Å². The summed E-state index contributed by atoms with van der Waals surface area (Å²) in [5.74, 6) is -0.661. The molecule has 0 amide bonds. The molecular weight excluding hydrogens is 221 g/mol. The second-order valence-corrected chi connectivity index (χ2v) is 5.49. The van der Waals surface area contributed by atoms with Crippen LogP contribution in [0.1, 0.15) is 0 Å². The molecule has 0 radical (unpaired) electrons.